The molecule has 1 aliphatic heterocycles. The third-order valence-electron chi connectivity index (χ3n) is 3.95. The van der Waals surface area contributed by atoms with Crippen molar-refractivity contribution in [3.8, 4) is 0 Å². The summed E-state index contributed by atoms with van der Waals surface area (Å²) in [7, 11) is 2.19. The smallest absolute Gasteiger partial charge is 0.0642 e. The Kier molecular flexibility index (Phi) is 5.30. The van der Waals surface area contributed by atoms with Gasteiger partial charge in [0.1, 0.15) is 0 Å². The van der Waals surface area contributed by atoms with Gasteiger partial charge in [0.05, 0.1) is 10.7 Å². The molecule has 1 aliphatic rings. The van der Waals surface area contributed by atoms with E-state index in [0.29, 0.717) is 6.04 Å². The van der Waals surface area contributed by atoms with Crippen molar-refractivity contribution in [3.63, 3.8) is 0 Å². The van der Waals surface area contributed by atoms with Crippen LogP contribution in [-0.4, -0.2) is 43.7 Å². The minimum atomic E-state index is 0.150. The fourth-order valence-electron chi connectivity index (χ4n) is 3.10. The van der Waals surface area contributed by atoms with Gasteiger partial charge in [0.15, 0.2) is 0 Å². The van der Waals surface area contributed by atoms with Crippen molar-refractivity contribution in [1.29, 1.82) is 0 Å². The molecule has 0 bridgehead atoms. The molecule has 112 valence electrons. The summed E-state index contributed by atoms with van der Waals surface area (Å²) in [6.07, 6.45) is 2.04. The Bertz CT molecular complexity index is 447. The normalized spacial score (nSPS) is 22.6. The van der Waals surface area contributed by atoms with Crippen LogP contribution in [0, 0.1) is 0 Å². The lowest BCUT2D eigenvalue weighted by atomic mass is 10.0. The van der Waals surface area contributed by atoms with Gasteiger partial charge in [-0.3, -0.25) is 0 Å². The van der Waals surface area contributed by atoms with Crippen LogP contribution in [0.1, 0.15) is 25.8 Å². The number of halogens is 1. The molecule has 1 heterocycles. The zero-order valence-corrected chi connectivity index (χ0v) is 13.5. The predicted molar refractivity (Wildman–Crippen MR) is 87.7 cm³/mol. The lowest BCUT2D eigenvalue weighted by molar-refractivity contribution is 0.337. The number of benzene rings is 1. The van der Waals surface area contributed by atoms with Crippen molar-refractivity contribution in [2.75, 3.05) is 31.6 Å². The quantitative estimate of drug-likeness (QED) is 0.931. The summed E-state index contributed by atoms with van der Waals surface area (Å²) < 4.78 is 0. The van der Waals surface area contributed by atoms with E-state index in [1.165, 1.54) is 17.7 Å². The van der Waals surface area contributed by atoms with Gasteiger partial charge in [0.2, 0.25) is 0 Å². The Morgan fingerprint density at radius 1 is 1.40 bits per heavy atom. The third-order valence-corrected chi connectivity index (χ3v) is 4.25. The van der Waals surface area contributed by atoms with Crippen molar-refractivity contribution in [2.45, 2.75) is 38.8 Å². The van der Waals surface area contributed by atoms with Crippen molar-refractivity contribution < 1.29 is 0 Å². The van der Waals surface area contributed by atoms with E-state index < -0.39 is 0 Å². The highest BCUT2D eigenvalue weighted by Gasteiger charge is 2.23. The van der Waals surface area contributed by atoms with Crippen LogP contribution in [0.5, 0.6) is 0 Å². The highest BCUT2D eigenvalue weighted by molar-refractivity contribution is 6.33. The standard InChI is InChI=1S/C16H26ClN3/c1-12(18)10-14-6-4-7-15(17)16(14)20-9-5-8-19(3)11-13(20)2/h4,6-7,12-13H,5,8-11,18H2,1-3H3. The number of hydrogen-bond donors (Lipinski definition) is 1. The number of nitrogens with two attached hydrogens (primary N) is 1. The summed E-state index contributed by atoms with van der Waals surface area (Å²) in [5.74, 6) is 0. The van der Waals surface area contributed by atoms with Gasteiger partial charge in [-0.2, -0.15) is 0 Å². The predicted octanol–water partition coefficient (Wildman–Crippen LogP) is 2.76. The molecule has 0 aliphatic carbocycles. The van der Waals surface area contributed by atoms with Crippen molar-refractivity contribution in [3.05, 3.63) is 28.8 Å². The maximum atomic E-state index is 6.51. The van der Waals surface area contributed by atoms with Crippen LogP contribution in [0.15, 0.2) is 18.2 Å². The summed E-state index contributed by atoms with van der Waals surface area (Å²) in [5.41, 5.74) is 8.45. The number of rotatable bonds is 3. The second-order valence-corrected chi connectivity index (χ2v) is 6.49. The van der Waals surface area contributed by atoms with Gasteiger partial charge in [0, 0.05) is 25.2 Å². The van der Waals surface area contributed by atoms with E-state index in [1.807, 2.05) is 19.1 Å². The molecule has 0 aromatic heterocycles. The number of anilines is 1. The number of likely N-dealkylation sites (N-methyl/N-ethyl adjacent to an activating group) is 1. The fraction of sp³-hybridized carbons (Fsp3) is 0.625. The van der Waals surface area contributed by atoms with Crippen LogP contribution in [0.4, 0.5) is 5.69 Å². The molecule has 2 atom stereocenters. The zero-order chi connectivity index (χ0) is 14.7. The third kappa shape index (κ3) is 3.66. The Morgan fingerprint density at radius 2 is 2.15 bits per heavy atom. The molecule has 1 saturated heterocycles. The van der Waals surface area contributed by atoms with Gasteiger partial charge in [0.25, 0.3) is 0 Å². The van der Waals surface area contributed by atoms with Crippen LogP contribution in [0.25, 0.3) is 0 Å². The first-order valence-electron chi connectivity index (χ1n) is 7.47. The molecule has 1 aromatic carbocycles. The van der Waals surface area contributed by atoms with E-state index in [9.17, 15) is 0 Å². The van der Waals surface area contributed by atoms with Gasteiger partial charge >= 0.3 is 0 Å². The van der Waals surface area contributed by atoms with Crippen molar-refractivity contribution in [1.82, 2.24) is 4.90 Å². The number of nitrogens with zero attached hydrogens (tertiary/aromatic N) is 2. The van der Waals surface area contributed by atoms with Gasteiger partial charge in [-0.25, -0.2) is 0 Å². The Morgan fingerprint density at radius 3 is 2.85 bits per heavy atom. The molecule has 4 heteroatoms. The van der Waals surface area contributed by atoms with E-state index in [2.05, 4.69) is 29.8 Å². The second-order valence-electron chi connectivity index (χ2n) is 6.09. The van der Waals surface area contributed by atoms with E-state index in [1.54, 1.807) is 0 Å². The van der Waals surface area contributed by atoms with E-state index in [-0.39, 0.29) is 6.04 Å². The highest BCUT2D eigenvalue weighted by Crippen LogP contribution is 2.33. The highest BCUT2D eigenvalue weighted by atomic mass is 35.5. The summed E-state index contributed by atoms with van der Waals surface area (Å²) in [5, 5.41) is 0.847. The zero-order valence-electron chi connectivity index (χ0n) is 12.8. The monoisotopic (exact) mass is 295 g/mol. The molecular weight excluding hydrogens is 270 g/mol. The maximum absolute atomic E-state index is 6.51. The lowest BCUT2D eigenvalue weighted by Crippen LogP contribution is -2.39. The van der Waals surface area contributed by atoms with Crippen molar-refractivity contribution >= 4 is 17.3 Å². The van der Waals surface area contributed by atoms with Crippen LogP contribution >= 0.6 is 11.6 Å². The van der Waals surface area contributed by atoms with Gasteiger partial charge < -0.3 is 15.5 Å². The van der Waals surface area contributed by atoms with Gasteiger partial charge in [-0.05, 0) is 51.9 Å². The van der Waals surface area contributed by atoms with Crippen molar-refractivity contribution in [2.24, 2.45) is 5.73 Å². The van der Waals surface area contributed by atoms with Gasteiger partial charge in [-0.15, -0.1) is 0 Å². The largest absolute Gasteiger partial charge is 0.366 e. The molecule has 0 spiro atoms. The first-order chi connectivity index (χ1) is 9.49. The lowest BCUT2D eigenvalue weighted by Gasteiger charge is -2.33. The van der Waals surface area contributed by atoms with Crippen LogP contribution < -0.4 is 10.6 Å². The molecule has 1 fully saturated rings. The Hall–Kier alpha value is -0.770. The minimum absolute atomic E-state index is 0.150. The molecule has 3 nitrogen and oxygen atoms in total. The van der Waals surface area contributed by atoms with Crippen LogP contribution in [-0.2, 0) is 6.42 Å². The maximum Gasteiger partial charge on any atom is 0.0642 e. The topological polar surface area (TPSA) is 32.5 Å². The molecule has 2 unspecified atom stereocenters. The Balaban J connectivity index is 2.34. The average Bonchev–Trinajstić information content (AvgIpc) is 2.50. The molecular formula is C16H26ClN3. The first-order valence-corrected chi connectivity index (χ1v) is 7.85. The van der Waals surface area contributed by atoms with E-state index in [4.69, 9.17) is 17.3 Å². The fourth-order valence-corrected chi connectivity index (χ4v) is 3.40. The van der Waals surface area contributed by atoms with E-state index >= 15 is 0 Å². The summed E-state index contributed by atoms with van der Waals surface area (Å²) in [6.45, 7) is 7.60. The molecule has 1 aromatic rings. The van der Waals surface area contributed by atoms with Crippen LogP contribution in [0.2, 0.25) is 5.02 Å². The minimum Gasteiger partial charge on any atom is -0.366 e. The summed E-state index contributed by atoms with van der Waals surface area (Å²) in [6, 6.07) is 6.79. The molecule has 20 heavy (non-hydrogen) atoms. The molecule has 0 radical (unpaired) electrons. The summed E-state index contributed by atoms with van der Waals surface area (Å²) in [4.78, 5) is 4.86. The Labute approximate surface area is 127 Å². The molecule has 2 N–H and O–H groups in total. The molecule has 0 amide bonds. The van der Waals surface area contributed by atoms with Crippen LogP contribution in [0.3, 0.4) is 0 Å². The van der Waals surface area contributed by atoms with E-state index in [0.717, 1.165) is 31.1 Å². The second kappa shape index (κ2) is 6.79. The first kappa shape index (κ1) is 15.6. The molecule has 0 saturated carbocycles. The SMILES string of the molecule is CC(N)Cc1cccc(Cl)c1N1CCCN(C)CC1C. The number of hydrogen-bond acceptors (Lipinski definition) is 3. The average molecular weight is 296 g/mol. The number of para-hydroxylation sites is 1. The summed E-state index contributed by atoms with van der Waals surface area (Å²) >= 11 is 6.51. The molecule has 2 rings (SSSR count). The van der Waals surface area contributed by atoms with Gasteiger partial charge in [-0.1, -0.05) is 23.7 Å².